The van der Waals surface area contributed by atoms with Crippen LogP contribution in [0.3, 0.4) is 0 Å². The zero-order valence-corrected chi connectivity index (χ0v) is 15.3. The van der Waals surface area contributed by atoms with E-state index in [-0.39, 0.29) is 6.04 Å². The summed E-state index contributed by atoms with van der Waals surface area (Å²) in [5, 5.41) is 7.41. The zero-order chi connectivity index (χ0) is 17.9. The molecule has 4 rings (SSSR count). The van der Waals surface area contributed by atoms with Crippen molar-refractivity contribution in [2.75, 3.05) is 13.7 Å². The summed E-state index contributed by atoms with van der Waals surface area (Å²) in [5.41, 5.74) is 3.91. The molecule has 1 fully saturated rings. The minimum Gasteiger partial charge on any atom is -0.377 e. The summed E-state index contributed by atoms with van der Waals surface area (Å²) in [7, 11) is 1.66. The van der Waals surface area contributed by atoms with Crippen LogP contribution in [0.1, 0.15) is 48.3 Å². The molecule has 0 amide bonds. The van der Waals surface area contributed by atoms with E-state index < -0.39 is 0 Å². The average molecular weight is 352 g/mol. The van der Waals surface area contributed by atoms with E-state index in [9.17, 15) is 0 Å². The van der Waals surface area contributed by atoms with Crippen molar-refractivity contribution < 1.29 is 4.74 Å². The molecule has 7 nitrogen and oxygen atoms in total. The van der Waals surface area contributed by atoms with Crippen LogP contribution in [0.4, 0.5) is 0 Å². The molecule has 136 valence electrons. The molecule has 1 unspecified atom stereocenters. The lowest BCUT2D eigenvalue weighted by molar-refractivity contribution is 0.131. The quantitative estimate of drug-likeness (QED) is 0.760. The SMILES string of the molecule is COCc1nc(C2CCCCN2Cc2nc3ccccc3nc2C)n[nH]1. The molecule has 1 aromatic carbocycles. The second kappa shape index (κ2) is 7.47. The lowest BCUT2D eigenvalue weighted by Crippen LogP contribution is -2.34. The summed E-state index contributed by atoms with van der Waals surface area (Å²) >= 11 is 0. The van der Waals surface area contributed by atoms with Crippen LogP contribution in [-0.4, -0.2) is 43.7 Å². The predicted octanol–water partition coefficient (Wildman–Crippen LogP) is 2.93. The largest absolute Gasteiger partial charge is 0.377 e. The van der Waals surface area contributed by atoms with E-state index in [2.05, 4.69) is 20.1 Å². The molecule has 2 aromatic heterocycles. The Hall–Kier alpha value is -2.38. The van der Waals surface area contributed by atoms with Gasteiger partial charge in [0, 0.05) is 13.7 Å². The molecule has 0 saturated carbocycles. The third kappa shape index (κ3) is 3.45. The van der Waals surface area contributed by atoms with Gasteiger partial charge in [-0.2, -0.15) is 5.10 Å². The molecule has 3 aromatic rings. The van der Waals surface area contributed by atoms with Gasteiger partial charge in [0.15, 0.2) is 11.6 Å². The Kier molecular flexibility index (Phi) is 4.90. The first-order valence-corrected chi connectivity index (χ1v) is 9.11. The van der Waals surface area contributed by atoms with Crippen molar-refractivity contribution >= 4 is 11.0 Å². The third-order valence-corrected chi connectivity index (χ3v) is 4.94. The second-order valence-electron chi connectivity index (χ2n) is 6.80. The number of fused-ring (bicyclic) bond motifs is 1. The van der Waals surface area contributed by atoms with E-state index in [0.717, 1.165) is 53.6 Å². The van der Waals surface area contributed by atoms with Crippen molar-refractivity contribution in [1.82, 2.24) is 30.0 Å². The van der Waals surface area contributed by atoms with Crippen LogP contribution in [0.25, 0.3) is 11.0 Å². The van der Waals surface area contributed by atoms with Gasteiger partial charge in [-0.25, -0.2) is 15.0 Å². The number of hydrogen-bond acceptors (Lipinski definition) is 6. The van der Waals surface area contributed by atoms with Crippen LogP contribution in [0.5, 0.6) is 0 Å². The molecule has 0 spiro atoms. The van der Waals surface area contributed by atoms with E-state index >= 15 is 0 Å². The second-order valence-corrected chi connectivity index (χ2v) is 6.80. The maximum atomic E-state index is 5.14. The number of aromatic amines is 1. The Morgan fingerprint density at radius 1 is 1.15 bits per heavy atom. The number of hydrogen-bond donors (Lipinski definition) is 1. The molecular weight excluding hydrogens is 328 g/mol. The number of aromatic nitrogens is 5. The van der Waals surface area contributed by atoms with Gasteiger partial charge < -0.3 is 4.74 Å². The van der Waals surface area contributed by atoms with Gasteiger partial charge in [-0.15, -0.1) is 0 Å². The number of piperidine rings is 1. The van der Waals surface area contributed by atoms with Crippen LogP contribution < -0.4 is 0 Å². The molecule has 1 saturated heterocycles. The van der Waals surface area contributed by atoms with Crippen LogP contribution in [0, 0.1) is 6.92 Å². The number of H-pyrrole nitrogens is 1. The van der Waals surface area contributed by atoms with E-state index in [4.69, 9.17) is 14.7 Å². The normalized spacial score (nSPS) is 18.5. The van der Waals surface area contributed by atoms with Gasteiger partial charge in [0.2, 0.25) is 0 Å². The average Bonchev–Trinajstić information content (AvgIpc) is 3.11. The fourth-order valence-electron chi connectivity index (χ4n) is 3.60. The summed E-state index contributed by atoms with van der Waals surface area (Å²) in [6.45, 7) is 4.28. The highest BCUT2D eigenvalue weighted by Gasteiger charge is 2.28. The highest BCUT2D eigenvalue weighted by molar-refractivity contribution is 5.74. The van der Waals surface area contributed by atoms with Gasteiger partial charge in [0.1, 0.15) is 6.61 Å². The number of nitrogens with one attached hydrogen (secondary N) is 1. The molecule has 0 aliphatic carbocycles. The Bertz CT molecular complexity index is 893. The van der Waals surface area contributed by atoms with Crippen molar-refractivity contribution in [3.05, 3.63) is 47.3 Å². The topological polar surface area (TPSA) is 79.8 Å². The molecule has 26 heavy (non-hydrogen) atoms. The fourth-order valence-corrected chi connectivity index (χ4v) is 3.60. The number of rotatable bonds is 5. The molecule has 1 aliphatic rings. The molecule has 1 N–H and O–H groups in total. The van der Waals surface area contributed by atoms with Crippen LogP contribution in [0.15, 0.2) is 24.3 Å². The number of methoxy groups -OCH3 is 1. The zero-order valence-electron chi connectivity index (χ0n) is 15.3. The Morgan fingerprint density at radius 3 is 2.77 bits per heavy atom. The van der Waals surface area contributed by atoms with Gasteiger partial charge >= 0.3 is 0 Å². The Morgan fingerprint density at radius 2 is 1.96 bits per heavy atom. The van der Waals surface area contributed by atoms with Gasteiger partial charge in [-0.3, -0.25) is 10.00 Å². The van der Waals surface area contributed by atoms with Crippen LogP contribution >= 0.6 is 0 Å². The highest BCUT2D eigenvalue weighted by atomic mass is 16.5. The van der Waals surface area contributed by atoms with E-state index in [1.807, 2.05) is 31.2 Å². The van der Waals surface area contributed by atoms with E-state index in [0.29, 0.717) is 6.61 Å². The standard InChI is InChI=1S/C19H24N6O/c1-13-16(21-15-8-4-3-7-14(15)20-13)11-25-10-6-5-9-17(25)19-22-18(12-26-2)23-24-19/h3-4,7-8,17H,5-6,9-12H2,1-2H3,(H,22,23,24). The number of para-hydroxylation sites is 2. The first-order chi connectivity index (χ1) is 12.7. The highest BCUT2D eigenvalue weighted by Crippen LogP contribution is 2.30. The Balaban J connectivity index is 1.59. The molecule has 1 aliphatic heterocycles. The van der Waals surface area contributed by atoms with Gasteiger partial charge in [-0.1, -0.05) is 18.6 Å². The first kappa shape index (κ1) is 17.1. The molecular formula is C19H24N6O. The van der Waals surface area contributed by atoms with Crippen molar-refractivity contribution in [3.8, 4) is 0 Å². The maximum Gasteiger partial charge on any atom is 0.167 e. The van der Waals surface area contributed by atoms with E-state index in [1.54, 1.807) is 7.11 Å². The first-order valence-electron chi connectivity index (χ1n) is 9.11. The van der Waals surface area contributed by atoms with Crippen LogP contribution in [0.2, 0.25) is 0 Å². The fraction of sp³-hybridized carbons (Fsp3) is 0.474. The number of nitrogens with zero attached hydrogens (tertiary/aromatic N) is 5. The smallest absolute Gasteiger partial charge is 0.167 e. The minimum atomic E-state index is 0.207. The maximum absolute atomic E-state index is 5.14. The number of aryl methyl sites for hydroxylation is 1. The number of ether oxygens (including phenoxy) is 1. The Labute approximate surface area is 152 Å². The molecule has 3 heterocycles. The predicted molar refractivity (Wildman–Crippen MR) is 98.4 cm³/mol. The monoisotopic (exact) mass is 352 g/mol. The lowest BCUT2D eigenvalue weighted by Gasteiger charge is -2.33. The summed E-state index contributed by atoms with van der Waals surface area (Å²) < 4.78 is 5.14. The van der Waals surface area contributed by atoms with Gasteiger partial charge in [-0.05, 0) is 38.4 Å². The summed E-state index contributed by atoms with van der Waals surface area (Å²) in [5.74, 6) is 1.62. The van der Waals surface area contributed by atoms with Gasteiger partial charge in [0.05, 0.1) is 28.5 Å². The van der Waals surface area contributed by atoms with E-state index in [1.165, 1.54) is 12.8 Å². The lowest BCUT2D eigenvalue weighted by atomic mass is 10.0. The molecule has 1 atom stereocenters. The number of benzene rings is 1. The number of likely N-dealkylation sites (tertiary alicyclic amines) is 1. The van der Waals surface area contributed by atoms with Crippen molar-refractivity contribution in [1.29, 1.82) is 0 Å². The molecule has 0 radical (unpaired) electrons. The summed E-state index contributed by atoms with van der Waals surface area (Å²) in [4.78, 5) is 16.6. The summed E-state index contributed by atoms with van der Waals surface area (Å²) in [6, 6.07) is 8.24. The molecule has 0 bridgehead atoms. The van der Waals surface area contributed by atoms with Crippen molar-refractivity contribution in [3.63, 3.8) is 0 Å². The minimum absolute atomic E-state index is 0.207. The third-order valence-electron chi connectivity index (χ3n) is 4.94. The van der Waals surface area contributed by atoms with Gasteiger partial charge in [0.25, 0.3) is 0 Å². The molecule has 7 heteroatoms. The van der Waals surface area contributed by atoms with Crippen molar-refractivity contribution in [2.24, 2.45) is 0 Å². The summed E-state index contributed by atoms with van der Waals surface area (Å²) in [6.07, 6.45) is 3.44. The van der Waals surface area contributed by atoms with Crippen molar-refractivity contribution in [2.45, 2.75) is 45.4 Å². The van der Waals surface area contributed by atoms with Crippen LogP contribution in [-0.2, 0) is 17.9 Å².